The van der Waals surface area contributed by atoms with Crippen LogP contribution in [-0.4, -0.2) is 46.2 Å². The van der Waals surface area contributed by atoms with Crippen molar-refractivity contribution in [3.8, 4) is 11.3 Å². The molecular weight excluding hydrogens is 353 g/mol. The molecule has 1 atom stereocenters. The molecule has 3 heterocycles. The minimum atomic E-state index is -0.231. The third-order valence-electron chi connectivity index (χ3n) is 4.67. The number of thiazole rings is 1. The quantitative estimate of drug-likeness (QED) is 0.697. The fourth-order valence-corrected chi connectivity index (χ4v) is 3.99. The van der Waals surface area contributed by atoms with Crippen molar-refractivity contribution >= 4 is 16.5 Å². The Morgan fingerprint density at radius 2 is 1.85 bits per heavy atom. The summed E-state index contributed by atoms with van der Waals surface area (Å²) in [4.78, 5) is 13.7. The van der Waals surface area contributed by atoms with E-state index in [9.17, 15) is 4.39 Å². The predicted molar refractivity (Wildman–Crippen MR) is 98.7 cm³/mol. The summed E-state index contributed by atoms with van der Waals surface area (Å²) in [6, 6.07) is 6.58. The SMILES string of the molecule is Cc1noc(C(C)N2CCN(c3nc(-c4ccc(F)cc4)cs3)CC2)n1. The van der Waals surface area contributed by atoms with E-state index in [1.807, 2.05) is 12.3 Å². The molecule has 1 aliphatic rings. The molecule has 8 heteroatoms. The van der Waals surface area contributed by atoms with E-state index in [-0.39, 0.29) is 11.9 Å². The molecule has 1 saturated heterocycles. The highest BCUT2D eigenvalue weighted by Gasteiger charge is 2.26. The highest BCUT2D eigenvalue weighted by atomic mass is 32.1. The zero-order valence-electron chi connectivity index (χ0n) is 14.7. The Kier molecular flexibility index (Phi) is 4.69. The van der Waals surface area contributed by atoms with Crippen LogP contribution < -0.4 is 4.90 Å². The molecule has 0 radical (unpaired) electrons. The molecule has 1 aliphatic heterocycles. The minimum Gasteiger partial charge on any atom is -0.346 e. The van der Waals surface area contributed by atoms with E-state index < -0.39 is 0 Å². The number of rotatable bonds is 4. The zero-order valence-corrected chi connectivity index (χ0v) is 15.5. The molecule has 0 N–H and O–H groups in total. The van der Waals surface area contributed by atoms with Crippen molar-refractivity contribution in [2.45, 2.75) is 19.9 Å². The number of anilines is 1. The van der Waals surface area contributed by atoms with E-state index in [4.69, 9.17) is 9.51 Å². The van der Waals surface area contributed by atoms with Crippen molar-refractivity contribution in [3.05, 3.63) is 47.2 Å². The standard InChI is InChI=1S/C18H20FN5OS/c1-12(17-20-13(2)22-25-17)23-7-9-24(10-8-23)18-21-16(11-26-18)14-3-5-15(19)6-4-14/h3-6,11-12H,7-10H2,1-2H3. The summed E-state index contributed by atoms with van der Waals surface area (Å²) in [5.74, 6) is 1.11. The van der Waals surface area contributed by atoms with Crippen molar-refractivity contribution in [1.82, 2.24) is 20.0 Å². The lowest BCUT2D eigenvalue weighted by atomic mass is 10.2. The Balaban J connectivity index is 1.40. The molecule has 1 unspecified atom stereocenters. The Morgan fingerprint density at radius 1 is 1.12 bits per heavy atom. The number of hydrogen-bond acceptors (Lipinski definition) is 7. The molecule has 26 heavy (non-hydrogen) atoms. The van der Waals surface area contributed by atoms with Gasteiger partial charge in [-0.2, -0.15) is 4.98 Å². The van der Waals surface area contributed by atoms with Gasteiger partial charge >= 0.3 is 0 Å². The normalized spacial score (nSPS) is 16.8. The van der Waals surface area contributed by atoms with Crippen LogP contribution in [0.4, 0.5) is 9.52 Å². The topological polar surface area (TPSA) is 58.3 Å². The van der Waals surface area contributed by atoms with Gasteiger partial charge in [0.25, 0.3) is 0 Å². The third kappa shape index (κ3) is 3.47. The van der Waals surface area contributed by atoms with Gasteiger partial charge in [0, 0.05) is 37.1 Å². The molecule has 0 bridgehead atoms. The molecule has 0 spiro atoms. The van der Waals surface area contributed by atoms with Crippen LogP contribution in [0.2, 0.25) is 0 Å². The van der Waals surface area contributed by atoms with Crippen molar-refractivity contribution in [2.75, 3.05) is 31.1 Å². The summed E-state index contributed by atoms with van der Waals surface area (Å²) in [5, 5.41) is 6.91. The largest absolute Gasteiger partial charge is 0.346 e. The number of halogens is 1. The molecule has 1 aromatic carbocycles. The second-order valence-corrected chi connectivity index (χ2v) is 7.24. The first-order chi connectivity index (χ1) is 12.6. The summed E-state index contributed by atoms with van der Waals surface area (Å²) in [6.07, 6.45) is 0. The maximum atomic E-state index is 13.1. The summed E-state index contributed by atoms with van der Waals surface area (Å²) < 4.78 is 18.4. The number of benzene rings is 1. The maximum Gasteiger partial charge on any atom is 0.243 e. The van der Waals surface area contributed by atoms with E-state index in [2.05, 4.69) is 26.9 Å². The Hall–Kier alpha value is -2.32. The average Bonchev–Trinajstić information content (AvgIpc) is 3.31. The molecule has 136 valence electrons. The molecule has 1 fully saturated rings. The van der Waals surface area contributed by atoms with Crippen LogP contribution in [0.3, 0.4) is 0 Å². The van der Waals surface area contributed by atoms with Crippen LogP contribution >= 0.6 is 11.3 Å². The lowest BCUT2D eigenvalue weighted by Gasteiger charge is -2.36. The van der Waals surface area contributed by atoms with Crippen LogP contribution in [0.5, 0.6) is 0 Å². The van der Waals surface area contributed by atoms with Gasteiger partial charge in [0.05, 0.1) is 11.7 Å². The van der Waals surface area contributed by atoms with E-state index in [1.54, 1.807) is 23.5 Å². The molecule has 4 rings (SSSR count). The molecule has 0 saturated carbocycles. The van der Waals surface area contributed by atoms with E-state index in [0.717, 1.165) is 42.6 Å². The van der Waals surface area contributed by atoms with Gasteiger partial charge in [0.2, 0.25) is 5.89 Å². The Labute approximate surface area is 155 Å². The zero-order chi connectivity index (χ0) is 18.1. The highest BCUT2D eigenvalue weighted by molar-refractivity contribution is 7.14. The predicted octanol–water partition coefficient (Wildman–Crippen LogP) is 3.52. The van der Waals surface area contributed by atoms with Crippen LogP contribution in [-0.2, 0) is 0 Å². The Bertz CT molecular complexity index is 870. The second kappa shape index (κ2) is 7.13. The van der Waals surface area contributed by atoms with Gasteiger partial charge in [-0.25, -0.2) is 9.37 Å². The van der Waals surface area contributed by atoms with Crippen molar-refractivity contribution in [3.63, 3.8) is 0 Å². The summed E-state index contributed by atoms with van der Waals surface area (Å²) >= 11 is 1.63. The van der Waals surface area contributed by atoms with Gasteiger partial charge < -0.3 is 9.42 Å². The molecule has 2 aromatic heterocycles. The average molecular weight is 373 g/mol. The number of piperazine rings is 1. The lowest BCUT2D eigenvalue weighted by Crippen LogP contribution is -2.47. The van der Waals surface area contributed by atoms with E-state index in [0.29, 0.717) is 11.7 Å². The van der Waals surface area contributed by atoms with Gasteiger partial charge in [-0.1, -0.05) is 5.16 Å². The number of nitrogens with zero attached hydrogens (tertiary/aromatic N) is 5. The fraction of sp³-hybridized carbons (Fsp3) is 0.389. The van der Waals surface area contributed by atoms with Crippen LogP contribution in [0.1, 0.15) is 24.7 Å². The summed E-state index contributed by atoms with van der Waals surface area (Å²) in [6.45, 7) is 7.54. The first kappa shape index (κ1) is 17.1. The molecular formula is C18H20FN5OS. The molecule has 0 amide bonds. The maximum absolute atomic E-state index is 13.1. The lowest BCUT2D eigenvalue weighted by molar-refractivity contribution is 0.164. The molecule has 0 aliphatic carbocycles. The van der Waals surface area contributed by atoms with Gasteiger partial charge in [0.15, 0.2) is 11.0 Å². The van der Waals surface area contributed by atoms with Gasteiger partial charge in [0.1, 0.15) is 5.82 Å². The summed E-state index contributed by atoms with van der Waals surface area (Å²) in [7, 11) is 0. The molecule has 3 aromatic rings. The molecule has 6 nitrogen and oxygen atoms in total. The van der Waals surface area contributed by atoms with Crippen LogP contribution in [0, 0.1) is 12.7 Å². The van der Waals surface area contributed by atoms with Gasteiger partial charge in [-0.15, -0.1) is 11.3 Å². The first-order valence-electron chi connectivity index (χ1n) is 8.61. The first-order valence-corrected chi connectivity index (χ1v) is 9.49. The van der Waals surface area contributed by atoms with E-state index in [1.165, 1.54) is 12.1 Å². The fourth-order valence-electron chi connectivity index (χ4n) is 3.10. The monoisotopic (exact) mass is 373 g/mol. The highest BCUT2D eigenvalue weighted by Crippen LogP contribution is 2.29. The number of hydrogen-bond donors (Lipinski definition) is 0. The number of aryl methyl sites for hydroxylation is 1. The van der Waals surface area contributed by atoms with Gasteiger partial charge in [-0.3, -0.25) is 4.90 Å². The van der Waals surface area contributed by atoms with Crippen LogP contribution in [0.25, 0.3) is 11.3 Å². The Morgan fingerprint density at radius 3 is 2.50 bits per heavy atom. The van der Waals surface area contributed by atoms with Crippen LogP contribution in [0.15, 0.2) is 34.2 Å². The summed E-state index contributed by atoms with van der Waals surface area (Å²) in [5.41, 5.74) is 1.83. The van der Waals surface area contributed by atoms with Crippen molar-refractivity contribution in [2.24, 2.45) is 0 Å². The third-order valence-corrected chi connectivity index (χ3v) is 5.57. The van der Waals surface area contributed by atoms with Crippen molar-refractivity contribution in [1.29, 1.82) is 0 Å². The minimum absolute atomic E-state index is 0.115. The van der Waals surface area contributed by atoms with Crippen molar-refractivity contribution < 1.29 is 8.91 Å². The van der Waals surface area contributed by atoms with Gasteiger partial charge in [-0.05, 0) is 38.1 Å². The van der Waals surface area contributed by atoms with E-state index >= 15 is 0 Å². The number of aromatic nitrogens is 3. The second-order valence-electron chi connectivity index (χ2n) is 6.40. The smallest absolute Gasteiger partial charge is 0.243 e.